The molecule has 0 bridgehead atoms. The number of carbonyl (C=O) groups excluding carboxylic acids is 1. The van der Waals surface area contributed by atoms with Crippen molar-refractivity contribution in [2.24, 2.45) is 11.7 Å². The van der Waals surface area contributed by atoms with Gasteiger partial charge in [-0.05, 0) is 25.2 Å². The first-order chi connectivity index (χ1) is 8.24. The molecule has 1 rings (SSSR count). The zero-order chi connectivity index (χ0) is 12.5. The summed E-state index contributed by atoms with van der Waals surface area (Å²) in [4.78, 5) is 11.6. The number of hydrogen-bond acceptors (Lipinski definition) is 3. The number of nitrogens with one attached hydrogen (secondary N) is 1. The van der Waals surface area contributed by atoms with Crippen molar-refractivity contribution in [3.8, 4) is 0 Å². The van der Waals surface area contributed by atoms with E-state index in [1.807, 2.05) is 0 Å². The van der Waals surface area contributed by atoms with Crippen molar-refractivity contribution in [3.05, 3.63) is 0 Å². The molecule has 0 radical (unpaired) electrons. The van der Waals surface area contributed by atoms with Crippen LogP contribution in [0.4, 0.5) is 0 Å². The van der Waals surface area contributed by atoms with Crippen LogP contribution in [-0.4, -0.2) is 32.2 Å². The van der Waals surface area contributed by atoms with E-state index in [0.717, 1.165) is 25.3 Å². The number of ether oxygens (including phenoxy) is 1. The van der Waals surface area contributed by atoms with Gasteiger partial charge in [-0.1, -0.05) is 25.7 Å². The van der Waals surface area contributed by atoms with E-state index in [0.29, 0.717) is 13.0 Å². The van der Waals surface area contributed by atoms with Crippen molar-refractivity contribution < 1.29 is 9.53 Å². The van der Waals surface area contributed by atoms with Gasteiger partial charge in [0.1, 0.15) is 0 Å². The summed E-state index contributed by atoms with van der Waals surface area (Å²) < 4.78 is 4.93. The number of methoxy groups -OCH3 is 1. The van der Waals surface area contributed by atoms with Crippen LogP contribution in [0.25, 0.3) is 0 Å². The largest absolute Gasteiger partial charge is 0.385 e. The van der Waals surface area contributed by atoms with Gasteiger partial charge in [-0.25, -0.2) is 0 Å². The predicted octanol–water partition coefficient (Wildman–Crippen LogP) is 1.44. The summed E-state index contributed by atoms with van der Waals surface area (Å²) in [6.45, 7) is 1.45. The molecule has 1 unspecified atom stereocenters. The first-order valence-electron chi connectivity index (χ1n) is 6.76. The molecule has 0 aromatic heterocycles. The topological polar surface area (TPSA) is 64.3 Å². The Bertz CT molecular complexity index is 215. The Morgan fingerprint density at radius 3 is 2.82 bits per heavy atom. The number of nitrogens with two attached hydrogens (primary N) is 1. The average molecular weight is 242 g/mol. The van der Waals surface area contributed by atoms with Gasteiger partial charge in [0.15, 0.2) is 0 Å². The maximum atomic E-state index is 11.6. The van der Waals surface area contributed by atoms with E-state index in [9.17, 15) is 4.79 Å². The van der Waals surface area contributed by atoms with Gasteiger partial charge in [-0.3, -0.25) is 4.79 Å². The highest BCUT2D eigenvalue weighted by molar-refractivity contribution is 5.81. The second-order valence-corrected chi connectivity index (χ2v) is 4.97. The van der Waals surface area contributed by atoms with Crippen molar-refractivity contribution in [1.29, 1.82) is 0 Å². The first-order valence-corrected chi connectivity index (χ1v) is 6.76. The molecular formula is C13H26N2O2. The lowest BCUT2D eigenvalue weighted by Crippen LogP contribution is -2.41. The van der Waals surface area contributed by atoms with Gasteiger partial charge in [0.25, 0.3) is 0 Å². The number of amides is 1. The lowest BCUT2D eigenvalue weighted by atomic mass is 10.0. The number of hydrogen-bond donors (Lipinski definition) is 2. The van der Waals surface area contributed by atoms with Crippen LogP contribution in [-0.2, 0) is 9.53 Å². The zero-order valence-electron chi connectivity index (χ0n) is 10.9. The summed E-state index contributed by atoms with van der Waals surface area (Å²) in [5.74, 6) is 0.805. The SMILES string of the molecule is COCCCC(N)C(=O)NCCC1CCCC1. The minimum atomic E-state index is -0.381. The van der Waals surface area contributed by atoms with Gasteiger partial charge in [0.2, 0.25) is 5.91 Å². The summed E-state index contributed by atoms with van der Waals surface area (Å²) in [6.07, 6.45) is 8.02. The Hall–Kier alpha value is -0.610. The summed E-state index contributed by atoms with van der Waals surface area (Å²) >= 11 is 0. The fraction of sp³-hybridized carbons (Fsp3) is 0.923. The molecule has 0 saturated heterocycles. The molecule has 1 aliphatic rings. The molecule has 0 aromatic rings. The molecule has 1 amide bonds. The normalized spacial score (nSPS) is 18.2. The molecule has 100 valence electrons. The average Bonchev–Trinajstić information content (AvgIpc) is 2.82. The van der Waals surface area contributed by atoms with E-state index < -0.39 is 0 Å². The minimum Gasteiger partial charge on any atom is -0.385 e. The fourth-order valence-corrected chi connectivity index (χ4v) is 2.41. The van der Waals surface area contributed by atoms with Crippen LogP contribution in [0.5, 0.6) is 0 Å². The summed E-state index contributed by atoms with van der Waals surface area (Å²) in [5.41, 5.74) is 5.78. The van der Waals surface area contributed by atoms with Crippen molar-refractivity contribution in [1.82, 2.24) is 5.32 Å². The van der Waals surface area contributed by atoms with Crippen molar-refractivity contribution >= 4 is 5.91 Å². The van der Waals surface area contributed by atoms with E-state index in [4.69, 9.17) is 10.5 Å². The molecule has 0 spiro atoms. The van der Waals surface area contributed by atoms with E-state index in [2.05, 4.69) is 5.32 Å². The maximum absolute atomic E-state index is 11.6. The van der Waals surface area contributed by atoms with Crippen LogP contribution in [0, 0.1) is 5.92 Å². The summed E-state index contributed by atoms with van der Waals surface area (Å²) in [7, 11) is 1.66. The Morgan fingerprint density at radius 1 is 1.47 bits per heavy atom. The van der Waals surface area contributed by atoms with E-state index in [1.54, 1.807) is 7.11 Å². The highest BCUT2D eigenvalue weighted by Gasteiger charge is 2.16. The summed E-state index contributed by atoms with van der Waals surface area (Å²) in [5, 5.41) is 2.93. The molecule has 4 heteroatoms. The summed E-state index contributed by atoms with van der Waals surface area (Å²) in [6, 6.07) is -0.381. The lowest BCUT2D eigenvalue weighted by Gasteiger charge is -2.13. The molecule has 1 atom stereocenters. The van der Waals surface area contributed by atoms with Crippen LogP contribution in [0.15, 0.2) is 0 Å². The Morgan fingerprint density at radius 2 is 2.18 bits per heavy atom. The standard InChI is InChI=1S/C13H26N2O2/c1-17-10-4-7-12(14)13(16)15-9-8-11-5-2-3-6-11/h11-12H,2-10,14H2,1H3,(H,15,16). The van der Waals surface area contributed by atoms with Gasteiger partial charge >= 0.3 is 0 Å². The van der Waals surface area contributed by atoms with E-state index in [-0.39, 0.29) is 11.9 Å². The molecule has 1 fully saturated rings. The third kappa shape index (κ3) is 6.03. The zero-order valence-corrected chi connectivity index (χ0v) is 10.9. The fourth-order valence-electron chi connectivity index (χ4n) is 2.41. The van der Waals surface area contributed by atoms with Crippen molar-refractivity contribution in [2.45, 2.75) is 51.0 Å². The van der Waals surface area contributed by atoms with Gasteiger partial charge in [-0.2, -0.15) is 0 Å². The van der Waals surface area contributed by atoms with Gasteiger partial charge < -0.3 is 15.8 Å². The lowest BCUT2D eigenvalue weighted by molar-refractivity contribution is -0.122. The molecule has 3 N–H and O–H groups in total. The number of rotatable bonds is 8. The maximum Gasteiger partial charge on any atom is 0.236 e. The van der Waals surface area contributed by atoms with Crippen molar-refractivity contribution in [3.63, 3.8) is 0 Å². The van der Waals surface area contributed by atoms with Crippen LogP contribution in [0.3, 0.4) is 0 Å². The van der Waals surface area contributed by atoms with Crippen molar-refractivity contribution in [2.75, 3.05) is 20.3 Å². The Balaban J connectivity index is 2.02. The molecule has 0 aromatic carbocycles. The smallest absolute Gasteiger partial charge is 0.236 e. The van der Waals surface area contributed by atoms with Crippen LogP contribution in [0.2, 0.25) is 0 Å². The quantitative estimate of drug-likeness (QED) is 0.633. The van der Waals surface area contributed by atoms with Crippen LogP contribution in [0.1, 0.15) is 44.9 Å². The first kappa shape index (κ1) is 14.5. The minimum absolute atomic E-state index is 0.0147. The van der Waals surface area contributed by atoms with Gasteiger partial charge in [-0.15, -0.1) is 0 Å². The molecule has 0 aliphatic heterocycles. The number of carbonyl (C=O) groups is 1. The van der Waals surface area contributed by atoms with Crippen LogP contribution < -0.4 is 11.1 Å². The molecule has 0 heterocycles. The predicted molar refractivity (Wildman–Crippen MR) is 68.7 cm³/mol. The highest BCUT2D eigenvalue weighted by Crippen LogP contribution is 2.26. The Kier molecular flexibility index (Phi) is 7.21. The second-order valence-electron chi connectivity index (χ2n) is 4.97. The second kappa shape index (κ2) is 8.48. The third-order valence-electron chi connectivity index (χ3n) is 3.53. The molecule has 1 aliphatic carbocycles. The van der Waals surface area contributed by atoms with Crippen LogP contribution >= 0.6 is 0 Å². The molecular weight excluding hydrogens is 216 g/mol. The Labute approximate surface area is 104 Å². The molecule has 1 saturated carbocycles. The highest BCUT2D eigenvalue weighted by atomic mass is 16.5. The van der Waals surface area contributed by atoms with Gasteiger partial charge in [0, 0.05) is 20.3 Å². The third-order valence-corrected chi connectivity index (χ3v) is 3.53. The molecule has 4 nitrogen and oxygen atoms in total. The van der Waals surface area contributed by atoms with E-state index >= 15 is 0 Å². The van der Waals surface area contributed by atoms with E-state index in [1.165, 1.54) is 25.7 Å². The van der Waals surface area contributed by atoms with Gasteiger partial charge in [0.05, 0.1) is 6.04 Å². The molecule has 17 heavy (non-hydrogen) atoms. The monoisotopic (exact) mass is 242 g/mol.